The van der Waals surface area contributed by atoms with Gasteiger partial charge in [0.05, 0.1) is 16.9 Å². The van der Waals surface area contributed by atoms with Crippen LogP contribution in [0.2, 0.25) is 0 Å². The third-order valence-corrected chi connectivity index (χ3v) is 4.64. The van der Waals surface area contributed by atoms with Crippen LogP contribution >= 0.6 is 0 Å². The van der Waals surface area contributed by atoms with Crippen molar-refractivity contribution in [1.82, 2.24) is 5.32 Å². The first-order valence-corrected chi connectivity index (χ1v) is 9.01. The van der Waals surface area contributed by atoms with Crippen LogP contribution in [0.15, 0.2) is 42.5 Å². The lowest BCUT2D eigenvalue weighted by molar-refractivity contribution is -0.117. The van der Waals surface area contributed by atoms with E-state index in [0.29, 0.717) is 24.5 Å². The molecule has 148 valence electrons. The molecule has 1 fully saturated rings. The van der Waals surface area contributed by atoms with Crippen molar-refractivity contribution in [2.45, 2.75) is 25.4 Å². The normalized spacial score (nSPS) is 17.3. The summed E-state index contributed by atoms with van der Waals surface area (Å²) < 4.78 is 27.5. The van der Waals surface area contributed by atoms with E-state index in [4.69, 9.17) is 5.73 Å². The first-order chi connectivity index (χ1) is 13.3. The van der Waals surface area contributed by atoms with Crippen molar-refractivity contribution in [2.24, 2.45) is 5.73 Å². The largest absolute Gasteiger partial charge is 0.368 e. The summed E-state index contributed by atoms with van der Waals surface area (Å²) in [6.07, 6.45) is 0.805. The molecule has 1 heterocycles. The van der Waals surface area contributed by atoms with Gasteiger partial charge in [-0.2, -0.15) is 0 Å². The Hall–Kier alpha value is -3.00. The van der Waals surface area contributed by atoms with Gasteiger partial charge in [-0.05, 0) is 43.7 Å². The number of rotatable bonds is 5. The van der Waals surface area contributed by atoms with Crippen LogP contribution in [0.25, 0.3) is 0 Å². The number of anilines is 2. The molecule has 2 amide bonds. The Morgan fingerprint density at radius 2 is 1.96 bits per heavy atom. The zero-order valence-electron chi connectivity index (χ0n) is 15.4. The lowest BCUT2D eigenvalue weighted by Crippen LogP contribution is -2.42. The van der Waals surface area contributed by atoms with Gasteiger partial charge in [0.25, 0.3) is 5.91 Å². The average molecular weight is 388 g/mol. The van der Waals surface area contributed by atoms with E-state index in [1.54, 1.807) is 6.07 Å². The van der Waals surface area contributed by atoms with Crippen molar-refractivity contribution < 1.29 is 18.4 Å². The number of benzene rings is 2. The number of nitrogens with zero attached hydrogens (tertiary/aromatic N) is 1. The summed E-state index contributed by atoms with van der Waals surface area (Å²) in [4.78, 5) is 26.7. The second kappa shape index (κ2) is 8.35. The predicted octanol–water partition coefficient (Wildman–Crippen LogP) is 2.26. The van der Waals surface area contributed by atoms with Crippen molar-refractivity contribution in [3.8, 4) is 0 Å². The molecule has 4 N–H and O–H groups in total. The maximum absolute atomic E-state index is 13.7. The van der Waals surface area contributed by atoms with Gasteiger partial charge in [0.2, 0.25) is 5.91 Å². The van der Waals surface area contributed by atoms with Crippen LogP contribution < -0.4 is 21.3 Å². The van der Waals surface area contributed by atoms with Crippen molar-refractivity contribution in [2.75, 3.05) is 23.3 Å². The SMILES string of the molecule is CC(NC(=O)c1ccccc1F)C(=O)Nc1cc(F)ccc1N1CCC(N)C1. The van der Waals surface area contributed by atoms with Gasteiger partial charge in [-0.3, -0.25) is 9.59 Å². The molecule has 3 rings (SSSR count). The summed E-state index contributed by atoms with van der Waals surface area (Å²) in [5.41, 5.74) is 6.74. The van der Waals surface area contributed by atoms with Crippen molar-refractivity contribution in [3.05, 3.63) is 59.7 Å². The van der Waals surface area contributed by atoms with Gasteiger partial charge in [-0.15, -0.1) is 0 Å². The topological polar surface area (TPSA) is 87.5 Å². The van der Waals surface area contributed by atoms with Crippen LogP contribution in [0.1, 0.15) is 23.7 Å². The Bertz CT molecular complexity index is 890. The summed E-state index contributed by atoms with van der Waals surface area (Å²) in [6.45, 7) is 2.78. The Morgan fingerprint density at radius 1 is 1.21 bits per heavy atom. The van der Waals surface area contributed by atoms with Crippen molar-refractivity contribution in [3.63, 3.8) is 0 Å². The first kappa shape index (κ1) is 19.8. The minimum atomic E-state index is -0.955. The molecule has 0 aliphatic carbocycles. The van der Waals surface area contributed by atoms with Crippen LogP contribution in [0, 0.1) is 11.6 Å². The summed E-state index contributed by atoms with van der Waals surface area (Å²) in [5.74, 6) is -2.42. The number of hydrogen-bond acceptors (Lipinski definition) is 4. The van der Waals surface area contributed by atoms with Crippen LogP contribution in [-0.2, 0) is 4.79 Å². The van der Waals surface area contributed by atoms with E-state index < -0.39 is 29.5 Å². The smallest absolute Gasteiger partial charge is 0.254 e. The molecular formula is C20H22F2N4O2. The molecule has 2 unspecified atom stereocenters. The second-order valence-corrected chi connectivity index (χ2v) is 6.82. The van der Waals surface area contributed by atoms with Gasteiger partial charge < -0.3 is 21.3 Å². The second-order valence-electron chi connectivity index (χ2n) is 6.82. The number of carbonyl (C=O) groups is 2. The molecule has 1 aliphatic rings. The van der Waals surface area contributed by atoms with Crippen LogP contribution in [0.5, 0.6) is 0 Å². The van der Waals surface area contributed by atoms with E-state index in [0.717, 1.165) is 6.42 Å². The zero-order chi connectivity index (χ0) is 20.3. The number of nitrogens with two attached hydrogens (primary N) is 1. The van der Waals surface area contributed by atoms with Gasteiger partial charge in [-0.1, -0.05) is 12.1 Å². The van der Waals surface area contributed by atoms with E-state index in [2.05, 4.69) is 10.6 Å². The van der Waals surface area contributed by atoms with Crippen molar-refractivity contribution >= 4 is 23.2 Å². The molecule has 8 heteroatoms. The third kappa shape index (κ3) is 4.45. The Kier molecular flexibility index (Phi) is 5.89. The summed E-state index contributed by atoms with van der Waals surface area (Å²) in [5, 5.41) is 5.09. The molecule has 0 spiro atoms. The lowest BCUT2D eigenvalue weighted by Gasteiger charge is -2.23. The summed E-state index contributed by atoms with van der Waals surface area (Å²) in [7, 11) is 0. The molecule has 0 radical (unpaired) electrons. The molecule has 28 heavy (non-hydrogen) atoms. The molecule has 0 bridgehead atoms. The van der Waals surface area contributed by atoms with Crippen molar-refractivity contribution in [1.29, 1.82) is 0 Å². The highest BCUT2D eigenvalue weighted by atomic mass is 19.1. The fraction of sp³-hybridized carbons (Fsp3) is 0.300. The van der Waals surface area contributed by atoms with E-state index in [9.17, 15) is 18.4 Å². The number of carbonyl (C=O) groups excluding carboxylic acids is 2. The van der Waals surface area contributed by atoms with Crippen LogP contribution in [-0.4, -0.2) is 37.0 Å². The molecule has 2 aromatic carbocycles. The minimum Gasteiger partial charge on any atom is -0.368 e. The number of hydrogen-bond donors (Lipinski definition) is 3. The molecule has 1 aliphatic heterocycles. The van der Waals surface area contributed by atoms with E-state index in [-0.39, 0.29) is 11.6 Å². The molecular weight excluding hydrogens is 366 g/mol. The monoisotopic (exact) mass is 388 g/mol. The Balaban J connectivity index is 1.71. The fourth-order valence-electron chi connectivity index (χ4n) is 3.12. The third-order valence-electron chi connectivity index (χ3n) is 4.64. The molecule has 6 nitrogen and oxygen atoms in total. The standard InChI is InChI=1S/C20H22F2N4O2/c1-12(24-20(28)15-4-2-3-5-16(15)22)19(27)25-17-10-13(21)6-7-18(17)26-9-8-14(23)11-26/h2-7,10,12,14H,8-9,11,23H2,1H3,(H,24,28)(H,25,27). The molecule has 2 aromatic rings. The minimum absolute atomic E-state index is 0.0209. The van der Waals surface area contributed by atoms with Gasteiger partial charge in [0.1, 0.15) is 17.7 Å². The lowest BCUT2D eigenvalue weighted by atomic mass is 10.1. The zero-order valence-corrected chi connectivity index (χ0v) is 15.4. The van der Waals surface area contributed by atoms with Crippen LogP contribution in [0.3, 0.4) is 0 Å². The van der Waals surface area contributed by atoms with E-state index >= 15 is 0 Å². The Labute approximate surface area is 161 Å². The predicted molar refractivity (Wildman–Crippen MR) is 103 cm³/mol. The molecule has 0 aromatic heterocycles. The molecule has 0 saturated carbocycles. The van der Waals surface area contributed by atoms with E-state index in [1.165, 1.54) is 43.3 Å². The summed E-state index contributed by atoms with van der Waals surface area (Å²) >= 11 is 0. The number of nitrogens with one attached hydrogen (secondary N) is 2. The van der Waals surface area contributed by atoms with Gasteiger partial charge in [0, 0.05) is 19.1 Å². The van der Waals surface area contributed by atoms with E-state index in [1.807, 2.05) is 4.90 Å². The molecule has 1 saturated heterocycles. The first-order valence-electron chi connectivity index (χ1n) is 9.01. The maximum atomic E-state index is 13.7. The Morgan fingerprint density at radius 3 is 2.64 bits per heavy atom. The summed E-state index contributed by atoms with van der Waals surface area (Å²) in [6, 6.07) is 8.69. The highest BCUT2D eigenvalue weighted by Gasteiger charge is 2.24. The van der Waals surface area contributed by atoms with Gasteiger partial charge >= 0.3 is 0 Å². The quantitative estimate of drug-likeness (QED) is 0.733. The number of halogens is 2. The van der Waals surface area contributed by atoms with Gasteiger partial charge in [0.15, 0.2) is 0 Å². The maximum Gasteiger partial charge on any atom is 0.254 e. The molecule has 2 atom stereocenters. The average Bonchev–Trinajstić information content (AvgIpc) is 3.08. The van der Waals surface area contributed by atoms with Crippen LogP contribution in [0.4, 0.5) is 20.2 Å². The highest BCUT2D eigenvalue weighted by Crippen LogP contribution is 2.29. The number of amides is 2. The highest BCUT2D eigenvalue weighted by molar-refractivity contribution is 6.02. The fourth-order valence-corrected chi connectivity index (χ4v) is 3.12. The van der Waals surface area contributed by atoms with Gasteiger partial charge in [-0.25, -0.2) is 8.78 Å².